The lowest BCUT2D eigenvalue weighted by Gasteiger charge is -2.22. The molecule has 0 aromatic rings. The number of unbranched alkanes of at least 4 members (excludes halogenated alkanes) is 2. The maximum absolute atomic E-state index is 11.9. The van der Waals surface area contributed by atoms with Crippen LogP contribution in [0.2, 0.25) is 0 Å². The van der Waals surface area contributed by atoms with E-state index in [1.54, 1.807) is 0 Å². The molecule has 3 N–H and O–H groups in total. The van der Waals surface area contributed by atoms with Gasteiger partial charge >= 0.3 is 0 Å². The zero-order valence-corrected chi connectivity index (χ0v) is 16.4. The van der Waals surface area contributed by atoms with Crippen molar-refractivity contribution in [3.05, 3.63) is 0 Å². The molecule has 0 radical (unpaired) electrons. The van der Waals surface area contributed by atoms with Crippen LogP contribution in [0.5, 0.6) is 0 Å². The van der Waals surface area contributed by atoms with Crippen LogP contribution in [0, 0.1) is 0 Å². The zero-order chi connectivity index (χ0) is 15.3. The van der Waals surface area contributed by atoms with E-state index in [4.69, 9.17) is 0 Å². The van der Waals surface area contributed by atoms with Gasteiger partial charge in [-0.25, -0.2) is 4.99 Å². The van der Waals surface area contributed by atoms with Crippen LogP contribution in [0.1, 0.15) is 65.2 Å². The Hall–Kier alpha value is -0.530. The van der Waals surface area contributed by atoms with E-state index in [0.29, 0.717) is 6.04 Å². The third kappa shape index (κ3) is 10.2. The molecule has 1 amide bonds. The number of aliphatic imine (C=N–C) groups is 1. The lowest BCUT2D eigenvalue weighted by atomic mass is 9.95. The molecule has 0 aliphatic heterocycles. The molecule has 0 bridgehead atoms. The van der Waals surface area contributed by atoms with Crippen molar-refractivity contribution < 1.29 is 4.79 Å². The zero-order valence-electron chi connectivity index (χ0n) is 14.1. The Morgan fingerprint density at radius 2 is 1.82 bits per heavy atom. The van der Waals surface area contributed by atoms with Crippen LogP contribution in [0.4, 0.5) is 0 Å². The SMILES string of the molecule is CCCCCNC(=NCC(=O)NC1CCCCC1)NCC.I. The fraction of sp³-hybridized carbons (Fsp3) is 0.875. The maximum atomic E-state index is 11.9. The lowest BCUT2D eigenvalue weighted by Crippen LogP contribution is -2.40. The molecule has 1 aliphatic rings. The number of amides is 1. The predicted molar refractivity (Wildman–Crippen MR) is 104 cm³/mol. The van der Waals surface area contributed by atoms with Crippen LogP contribution < -0.4 is 16.0 Å². The van der Waals surface area contributed by atoms with Crippen molar-refractivity contribution in [2.24, 2.45) is 4.99 Å². The molecule has 0 unspecified atom stereocenters. The summed E-state index contributed by atoms with van der Waals surface area (Å²) in [5.74, 6) is 0.778. The molecule has 22 heavy (non-hydrogen) atoms. The summed E-state index contributed by atoms with van der Waals surface area (Å²) in [6.07, 6.45) is 9.56. The molecular weight excluding hydrogens is 391 g/mol. The summed E-state index contributed by atoms with van der Waals surface area (Å²) in [4.78, 5) is 16.3. The van der Waals surface area contributed by atoms with Gasteiger partial charge in [0, 0.05) is 19.1 Å². The van der Waals surface area contributed by atoms with Crippen molar-refractivity contribution in [2.45, 2.75) is 71.3 Å². The van der Waals surface area contributed by atoms with Gasteiger partial charge in [0.25, 0.3) is 0 Å². The summed E-state index contributed by atoms with van der Waals surface area (Å²) >= 11 is 0. The minimum absolute atomic E-state index is 0. The van der Waals surface area contributed by atoms with Gasteiger partial charge in [0.1, 0.15) is 6.54 Å². The van der Waals surface area contributed by atoms with Crippen molar-refractivity contribution in [1.82, 2.24) is 16.0 Å². The van der Waals surface area contributed by atoms with E-state index >= 15 is 0 Å². The molecule has 0 atom stereocenters. The molecule has 5 nitrogen and oxygen atoms in total. The van der Waals surface area contributed by atoms with Gasteiger partial charge in [0.05, 0.1) is 0 Å². The van der Waals surface area contributed by atoms with Crippen molar-refractivity contribution in [1.29, 1.82) is 0 Å². The first-order valence-electron chi connectivity index (χ1n) is 8.57. The minimum Gasteiger partial charge on any atom is -0.357 e. The largest absolute Gasteiger partial charge is 0.357 e. The number of nitrogens with zero attached hydrogens (tertiary/aromatic N) is 1. The van der Waals surface area contributed by atoms with Crippen LogP contribution in [0.25, 0.3) is 0 Å². The highest BCUT2D eigenvalue weighted by molar-refractivity contribution is 14.0. The molecule has 1 fully saturated rings. The van der Waals surface area contributed by atoms with Crippen molar-refractivity contribution in [3.8, 4) is 0 Å². The van der Waals surface area contributed by atoms with Gasteiger partial charge in [-0.2, -0.15) is 0 Å². The molecule has 1 rings (SSSR count). The Kier molecular flexibility index (Phi) is 13.7. The number of hydrogen-bond donors (Lipinski definition) is 3. The summed E-state index contributed by atoms with van der Waals surface area (Å²) in [5, 5.41) is 9.54. The standard InChI is InChI=1S/C16H32N4O.HI/c1-3-5-9-12-18-16(17-4-2)19-13-15(21)20-14-10-7-6-8-11-14;/h14H,3-13H2,1-2H3,(H,20,21)(H2,17,18,19);1H. The maximum Gasteiger partial charge on any atom is 0.242 e. The van der Waals surface area contributed by atoms with Crippen molar-refractivity contribution in [3.63, 3.8) is 0 Å². The van der Waals surface area contributed by atoms with Gasteiger partial charge in [-0.05, 0) is 26.2 Å². The quantitative estimate of drug-likeness (QED) is 0.243. The van der Waals surface area contributed by atoms with Crippen molar-refractivity contribution >= 4 is 35.8 Å². The normalized spacial score (nSPS) is 15.8. The summed E-state index contributed by atoms with van der Waals surface area (Å²) in [6, 6.07) is 0.363. The molecule has 0 spiro atoms. The molecule has 6 heteroatoms. The van der Waals surface area contributed by atoms with E-state index in [9.17, 15) is 4.79 Å². The number of carbonyl (C=O) groups is 1. The number of rotatable bonds is 8. The minimum atomic E-state index is 0. The van der Waals surface area contributed by atoms with Gasteiger partial charge in [-0.1, -0.05) is 39.0 Å². The van der Waals surface area contributed by atoms with Gasteiger partial charge in [0.15, 0.2) is 5.96 Å². The average molecular weight is 424 g/mol. The monoisotopic (exact) mass is 424 g/mol. The van der Waals surface area contributed by atoms with Crippen LogP contribution in [-0.2, 0) is 4.79 Å². The highest BCUT2D eigenvalue weighted by Crippen LogP contribution is 2.17. The van der Waals surface area contributed by atoms with Gasteiger partial charge in [0.2, 0.25) is 5.91 Å². The van der Waals surface area contributed by atoms with Crippen LogP contribution in [0.15, 0.2) is 4.99 Å². The third-order valence-corrected chi connectivity index (χ3v) is 3.77. The summed E-state index contributed by atoms with van der Waals surface area (Å²) in [5.41, 5.74) is 0. The number of nitrogens with one attached hydrogen (secondary N) is 3. The number of carbonyl (C=O) groups excluding carboxylic acids is 1. The molecule has 0 aromatic heterocycles. The Bertz CT molecular complexity index is 317. The van der Waals surface area contributed by atoms with Gasteiger partial charge in [-0.15, -0.1) is 24.0 Å². The van der Waals surface area contributed by atoms with E-state index in [1.807, 2.05) is 6.92 Å². The third-order valence-electron chi connectivity index (χ3n) is 3.77. The van der Waals surface area contributed by atoms with E-state index in [0.717, 1.165) is 38.3 Å². The molecule has 1 aliphatic carbocycles. The molecule has 0 aromatic carbocycles. The first kappa shape index (κ1) is 21.5. The Labute approximate surface area is 152 Å². The second kappa shape index (κ2) is 14.1. The van der Waals surface area contributed by atoms with Gasteiger partial charge in [-0.3, -0.25) is 4.79 Å². The molecule has 1 saturated carbocycles. The molecule has 0 saturated heterocycles. The van der Waals surface area contributed by atoms with Crippen LogP contribution in [0.3, 0.4) is 0 Å². The second-order valence-electron chi connectivity index (χ2n) is 5.73. The summed E-state index contributed by atoms with van der Waals surface area (Å²) < 4.78 is 0. The average Bonchev–Trinajstić information content (AvgIpc) is 2.50. The number of halogens is 1. The van der Waals surface area contributed by atoms with E-state index < -0.39 is 0 Å². The van der Waals surface area contributed by atoms with Crippen LogP contribution in [-0.4, -0.2) is 37.5 Å². The first-order valence-corrected chi connectivity index (χ1v) is 8.57. The molecule has 130 valence electrons. The molecular formula is C16H33IN4O. The fourth-order valence-electron chi connectivity index (χ4n) is 2.59. The lowest BCUT2D eigenvalue weighted by molar-refractivity contribution is -0.120. The molecule has 0 heterocycles. The van der Waals surface area contributed by atoms with E-state index in [-0.39, 0.29) is 36.4 Å². The summed E-state index contributed by atoms with van der Waals surface area (Å²) in [6.45, 7) is 6.15. The van der Waals surface area contributed by atoms with E-state index in [2.05, 4.69) is 27.9 Å². The van der Waals surface area contributed by atoms with Gasteiger partial charge < -0.3 is 16.0 Å². The highest BCUT2D eigenvalue weighted by Gasteiger charge is 2.15. The number of guanidine groups is 1. The van der Waals surface area contributed by atoms with Crippen LogP contribution >= 0.6 is 24.0 Å². The Morgan fingerprint density at radius 3 is 2.45 bits per heavy atom. The first-order chi connectivity index (χ1) is 10.3. The smallest absolute Gasteiger partial charge is 0.242 e. The fourth-order valence-corrected chi connectivity index (χ4v) is 2.59. The predicted octanol–water partition coefficient (Wildman–Crippen LogP) is 2.80. The topological polar surface area (TPSA) is 65.5 Å². The second-order valence-corrected chi connectivity index (χ2v) is 5.73. The van der Waals surface area contributed by atoms with Crippen molar-refractivity contribution in [2.75, 3.05) is 19.6 Å². The van der Waals surface area contributed by atoms with E-state index in [1.165, 1.54) is 32.1 Å². The highest BCUT2D eigenvalue weighted by atomic mass is 127. The Morgan fingerprint density at radius 1 is 1.09 bits per heavy atom. The number of hydrogen-bond acceptors (Lipinski definition) is 2. The Balaban J connectivity index is 0.00000441. The summed E-state index contributed by atoms with van der Waals surface area (Å²) in [7, 11) is 0.